The van der Waals surface area contributed by atoms with Crippen molar-refractivity contribution in [3.63, 3.8) is 0 Å². The van der Waals surface area contributed by atoms with Crippen LogP contribution in [-0.2, 0) is 14.8 Å². The number of nitrogens with one attached hydrogen (secondary N) is 2. The molecule has 1 aromatic carbocycles. The number of carbonyl (C=O) groups excluding carboxylic acids is 1. The lowest BCUT2D eigenvalue weighted by molar-refractivity contribution is -0.122. The fourth-order valence-corrected chi connectivity index (χ4v) is 1.82. The molecule has 0 aliphatic carbocycles. The molecule has 0 spiro atoms. The van der Waals surface area contributed by atoms with E-state index >= 15 is 0 Å². The van der Waals surface area contributed by atoms with Crippen LogP contribution in [0.15, 0.2) is 30.3 Å². The molecule has 108 valence electrons. The number of benzene rings is 1. The highest BCUT2D eigenvalue weighted by molar-refractivity contribution is 7.88. The summed E-state index contributed by atoms with van der Waals surface area (Å²) in [6, 6.07) is 8.22. The summed E-state index contributed by atoms with van der Waals surface area (Å²) in [5.41, 5.74) is 6.47. The topological polar surface area (TPSA) is 101 Å². The van der Waals surface area contributed by atoms with Gasteiger partial charge >= 0.3 is 0 Å². The van der Waals surface area contributed by atoms with Crippen molar-refractivity contribution in [1.82, 2.24) is 10.0 Å². The largest absolute Gasteiger partial charge is 0.353 e. The Balaban J connectivity index is 0.00000324. The molecule has 8 heteroatoms. The Bertz CT molecular complexity index is 493. The van der Waals surface area contributed by atoms with Crippen LogP contribution in [0.2, 0.25) is 0 Å². The molecule has 0 aliphatic heterocycles. The molecule has 0 aliphatic rings. The van der Waals surface area contributed by atoms with Gasteiger partial charge in [0.1, 0.15) is 6.04 Å². The minimum Gasteiger partial charge on any atom is -0.353 e. The average Bonchev–Trinajstić information content (AvgIpc) is 2.33. The summed E-state index contributed by atoms with van der Waals surface area (Å²) in [4.78, 5) is 11.7. The first-order valence-corrected chi connectivity index (χ1v) is 7.32. The number of rotatable bonds is 6. The van der Waals surface area contributed by atoms with E-state index in [0.29, 0.717) is 5.56 Å². The number of halogens is 1. The van der Waals surface area contributed by atoms with Crippen molar-refractivity contribution in [1.29, 1.82) is 0 Å². The molecule has 0 saturated carbocycles. The first-order chi connectivity index (χ1) is 8.40. The van der Waals surface area contributed by atoms with Gasteiger partial charge in [-0.1, -0.05) is 30.3 Å². The highest BCUT2D eigenvalue weighted by Crippen LogP contribution is 2.08. The van der Waals surface area contributed by atoms with E-state index in [-0.39, 0.29) is 31.4 Å². The number of carbonyl (C=O) groups is 1. The molecule has 19 heavy (non-hydrogen) atoms. The van der Waals surface area contributed by atoms with Crippen LogP contribution in [-0.4, -0.2) is 33.7 Å². The van der Waals surface area contributed by atoms with Gasteiger partial charge in [0, 0.05) is 13.1 Å². The Morgan fingerprint density at radius 3 is 2.37 bits per heavy atom. The SMILES string of the molecule is CS(=O)(=O)NCCNC(=O)C(N)c1ccccc1.Cl. The third kappa shape index (κ3) is 7.12. The summed E-state index contributed by atoms with van der Waals surface area (Å²) in [7, 11) is -3.23. The Labute approximate surface area is 119 Å². The maximum absolute atomic E-state index is 11.7. The normalized spacial score (nSPS) is 12.3. The molecule has 1 amide bonds. The van der Waals surface area contributed by atoms with Crippen molar-refractivity contribution in [2.45, 2.75) is 6.04 Å². The summed E-state index contributed by atoms with van der Waals surface area (Å²) in [6.07, 6.45) is 1.06. The summed E-state index contributed by atoms with van der Waals surface area (Å²) in [5.74, 6) is -0.337. The minimum absolute atomic E-state index is 0. The first-order valence-electron chi connectivity index (χ1n) is 5.43. The summed E-state index contributed by atoms with van der Waals surface area (Å²) in [5, 5.41) is 2.56. The van der Waals surface area contributed by atoms with Gasteiger partial charge in [-0.15, -0.1) is 12.4 Å². The lowest BCUT2D eigenvalue weighted by atomic mass is 10.1. The fourth-order valence-electron chi connectivity index (χ4n) is 1.34. The Kier molecular flexibility index (Phi) is 7.62. The summed E-state index contributed by atoms with van der Waals surface area (Å²) >= 11 is 0. The van der Waals surface area contributed by atoms with E-state index < -0.39 is 16.1 Å². The van der Waals surface area contributed by atoms with Crippen LogP contribution in [0, 0.1) is 0 Å². The molecule has 0 bridgehead atoms. The second kappa shape index (κ2) is 8.11. The average molecular weight is 308 g/mol. The van der Waals surface area contributed by atoms with Crippen molar-refractivity contribution < 1.29 is 13.2 Å². The maximum Gasteiger partial charge on any atom is 0.241 e. The molecule has 1 atom stereocenters. The van der Waals surface area contributed by atoms with Gasteiger partial charge in [0.05, 0.1) is 6.26 Å². The van der Waals surface area contributed by atoms with E-state index in [9.17, 15) is 13.2 Å². The molecular formula is C11H18ClN3O3S. The van der Waals surface area contributed by atoms with E-state index in [1.54, 1.807) is 24.3 Å². The molecule has 1 unspecified atom stereocenters. The van der Waals surface area contributed by atoms with Crippen molar-refractivity contribution in [3.8, 4) is 0 Å². The standard InChI is InChI=1S/C11H17N3O3S.ClH/c1-18(16,17)14-8-7-13-11(15)10(12)9-5-3-2-4-6-9;/h2-6,10,14H,7-8,12H2,1H3,(H,13,15);1H. The van der Waals surface area contributed by atoms with Crippen LogP contribution in [0.4, 0.5) is 0 Å². The minimum atomic E-state index is -3.23. The molecule has 0 fully saturated rings. The van der Waals surface area contributed by atoms with Crippen LogP contribution in [0.5, 0.6) is 0 Å². The second-order valence-corrected chi connectivity index (χ2v) is 5.68. The highest BCUT2D eigenvalue weighted by Gasteiger charge is 2.14. The maximum atomic E-state index is 11.7. The summed E-state index contributed by atoms with van der Waals surface area (Å²) < 4.78 is 23.8. The Morgan fingerprint density at radius 1 is 1.26 bits per heavy atom. The van der Waals surface area contributed by atoms with Crippen LogP contribution >= 0.6 is 12.4 Å². The smallest absolute Gasteiger partial charge is 0.241 e. The van der Waals surface area contributed by atoms with Gasteiger partial charge in [0.2, 0.25) is 15.9 Å². The first kappa shape index (κ1) is 17.8. The van der Waals surface area contributed by atoms with Crippen molar-refractivity contribution in [3.05, 3.63) is 35.9 Å². The summed E-state index contributed by atoms with van der Waals surface area (Å²) in [6.45, 7) is 0.346. The number of hydrogen-bond acceptors (Lipinski definition) is 4. The van der Waals surface area contributed by atoms with Crippen molar-refractivity contribution >= 4 is 28.3 Å². The molecular weight excluding hydrogens is 290 g/mol. The quantitative estimate of drug-likeness (QED) is 0.632. The zero-order valence-corrected chi connectivity index (χ0v) is 12.1. The molecule has 0 heterocycles. The molecule has 6 nitrogen and oxygen atoms in total. The number of hydrogen-bond donors (Lipinski definition) is 3. The van der Waals surface area contributed by atoms with E-state index in [2.05, 4.69) is 10.0 Å². The predicted molar refractivity (Wildman–Crippen MR) is 76.5 cm³/mol. The van der Waals surface area contributed by atoms with Gasteiger partial charge in [-0.3, -0.25) is 4.79 Å². The van der Waals surface area contributed by atoms with Crippen molar-refractivity contribution in [2.75, 3.05) is 19.3 Å². The van der Waals surface area contributed by atoms with Crippen LogP contribution in [0.1, 0.15) is 11.6 Å². The van der Waals surface area contributed by atoms with Gasteiger partial charge in [0.25, 0.3) is 0 Å². The monoisotopic (exact) mass is 307 g/mol. The van der Waals surface area contributed by atoms with Crippen LogP contribution < -0.4 is 15.8 Å². The van der Waals surface area contributed by atoms with E-state index in [4.69, 9.17) is 5.73 Å². The molecule has 1 aromatic rings. The second-order valence-electron chi connectivity index (χ2n) is 3.85. The number of amides is 1. The molecule has 0 saturated heterocycles. The Morgan fingerprint density at radius 2 is 1.84 bits per heavy atom. The van der Waals surface area contributed by atoms with Gasteiger partial charge < -0.3 is 11.1 Å². The van der Waals surface area contributed by atoms with E-state index in [1.807, 2.05) is 6.07 Å². The number of nitrogens with two attached hydrogens (primary N) is 1. The number of sulfonamides is 1. The fraction of sp³-hybridized carbons (Fsp3) is 0.364. The van der Waals surface area contributed by atoms with Crippen LogP contribution in [0.25, 0.3) is 0 Å². The lowest BCUT2D eigenvalue weighted by Crippen LogP contribution is -2.39. The molecule has 4 N–H and O–H groups in total. The van der Waals surface area contributed by atoms with E-state index in [0.717, 1.165) is 6.26 Å². The lowest BCUT2D eigenvalue weighted by Gasteiger charge is -2.12. The molecule has 1 rings (SSSR count). The highest BCUT2D eigenvalue weighted by atomic mass is 35.5. The van der Waals surface area contributed by atoms with E-state index in [1.165, 1.54) is 0 Å². The molecule has 0 aromatic heterocycles. The third-order valence-electron chi connectivity index (χ3n) is 2.23. The zero-order valence-electron chi connectivity index (χ0n) is 10.5. The van der Waals surface area contributed by atoms with Gasteiger partial charge in [-0.05, 0) is 5.56 Å². The van der Waals surface area contributed by atoms with Crippen LogP contribution in [0.3, 0.4) is 0 Å². The van der Waals surface area contributed by atoms with Gasteiger partial charge in [0.15, 0.2) is 0 Å². The third-order valence-corrected chi connectivity index (χ3v) is 2.96. The van der Waals surface area contributed by atoms with Gasteiger partial charge in [-0.2, -0.15) is 0 Å². The molecule has 0 radical (unpaired) electrons. The van der Waals surface area contributed by atoms with Crippen molar-refractivity contribution in [2.24, 2.45) is 5.73 Å². The Hall–Kier alpha value is -1.15. The van der Waals surface area contributed by atoms with Gasteiger partial charge in [-0.25, -0.2) is 13.1 Å². The predicted octanol–water partition coefficient (Wildman–Crippen LogP) is -0.226. The zero-order chi connectivity index (χ0) is 13.6.